The van der Waals surface area contributed by atoms with Gasteiger partial charge in [-0.1, -0.05) is 60.7 Å². The van der Waals surface area contributed by atoms with Gasteiger partial charge in [-0.05, 0) is 17.7 Å². The Morgan fingerprint density at radius 3 is 2.03 bits per heavy atom. The van der Waals surface area contributed by atoms with E-state index in [1.165, 1.54) is 27.5 Å². The number of ether oxygens (including phenoxy) is 3. The molecule has 0 aliphatic carbocycles. The van der Waals surface area contributed by atoms with Gasteiger partial charge in [0.15, 0.2) is 11.5 Å². The first-order valence-corrected chi connectivity index (χ1v) is 10.9. The van der Waals surface area contributed by atoms with Crippen LogP contribution in [0.1, 0.15) is 15.9 Å². The van der Waals surface area contributed by atoms with E-state index in [2.05, 4.69) is 20.7 Å². The Morgan fingerprint density at radius 1 is 0.889 bits per heavy atom. The number of hydrogen-bond donors (Lipinski definition) is 2. The van der Waals surface area contributed by atoms with Crippen LogP contribution in [0.5, 0.6) is 17.2 Å². The van der Waals surface area contributed by atoms with Crippen molar-refractivity contribution < 1.29 is 19.0 Å². The summed E-state index contributed by atoms with van der Waals surface area (Å²) < 4.78 is 16.0. The lowest BCUT2D eigenvalue weighted by Crippen LogP contribution is -2.28. The minimum atomic E-state index is -0.682. The van der Waals surface area contributed by atoms with Crippen LogP contribution < -0.4 is 25.2 Å². The third-order valence-corrected chi connectivity index (χ3v) is 5.39. The topological polar surface area (TPSA) is 115 Å². The van der Waals surface area contributed by atoms with Gasteiger partial charge in [0.2, 0.25) is 5.75 Å². The quantitative estimate of drug-likeness (QED) is 0.290. The summed E-state index contributed by atoms with van der Waals surface area (Å²) in [6.07, 6.45) is 1.41. The van der Waals surface area contributed by atoms with Crippen LogP contribution in [-0.2, 0) is 0 Å². The summed E-state index contributed by atoms with van der Waals surface area (Å²) in [4.78, 5) is 26.1. The normalized spacial score (nSPS) is 10.8. The van der Waals surface area contributed by atoms with E-state index < -0.39 is 11.5 Å². The van der Waals surface area contributed by atoms with E-state index in [1.54, 1.807) is 12.1 Å². The number of aromatic nitrogens is 2. The molecule has 182 valence electrons. The van der Waals surface area contributed by atoms with E-state index in [1.807, 2.05) is 60.7 Å². The fourth-order valence-electron chi connectivity index (χ4n) is 3.76. The Labute approximate surface area is 207 Å². The maximum atomic E-state index is 13.2. The lowest BCUT2D eigenvalue weighted by Gasteiger charge is -2.13. The van der Waals surface area contributed by atoms with Crippen molar-refractivity contribution in [1.82, 2.24) is 15.6 Å². The number of amides is 1. The minimum Gasteiger partial charge on any atom is -0.493 e. The number of nitrogens with zero attached hydrogens (tertiary/aromatic N) is 2. The standard InChI is InChI=1S/C27H24N4O5/c1-34-20-14-17(15-21(35-2)25(20)36-3)16-28-30-26(32)23-22(18-10-6-4-7-11-18)24(29-31-27(23)33)19-12-8-5-9-13-19/h4-16H,1-3H3,(H,30,32)(H,31,33)/b28-16+. The van der Waals surface area contributed by atoms with E-state index >= 15 is 0 Å². The molecule has 0 aliphatic rings. The minimum absolute atomic E-state index is 0.0999. The molecule has 0 radical (unpaired) electrons. The van der Waals surface area contributed by atoms with Gasteiger partial charge in [0.1, 0.15) is 5.56 Å². The zero-order chi connectivity index (χ0) is 25.5. The maximum Gasteiger partial charge on any atom is 0.277 e. The number of carbonyl (C=O) groups excluding carboxylic acids is 1. The second-order valence-electron chi connectivity index (χ2n) is 7.54. The van der Waals surface area contributed by atoms with Crippen LogP contribution in [0, 0.1) is 0 Å². The van der Waals surface area contributed by atoms with Crippen molar-refractivity contribution in [3.8, 4) is 39.6 Å². The zero-order valence-corrected chi connectivity index (χ0v) is 19.9. The highest BCUT2D eigenvalue weighted by Gasteiger charge is 2.23. The van der Waals surface area contributed by atoms with Crippen molar-refractivity contribution in [2.24, 2.45) is 5.10 Å². The van der Waals surface area contributed by atoms with Gasteiger partial charge < -0.3 is 14.2 Å². The Morgan fingerprint density at radius 2 is 1.47 bits per heavy atom. The molecule has 2 N–H and O–H groups in total. The van der Waals surface area contributed by atoms with Gasteiger partial charge in [0.05, 0.1) is 33.2 Å². The molecule has 4 rings (SSSR count). The SMILES string of the molecule is COc1cc(/C=N/NC(=O)c2c(-c3ccccc3)c(-c3ccccc3)n[nH]c2=O)cc(OC)c1OC. The van der Waals surface area contributed by atoms with Crippen LogP contribution in [0.15, 0.2) is 82.7 Å². The third-order valence-electron chi connectivity index (χ3n) is 5.39. The van der Waals surface area contributed by atoms with Gasteiger partial charge in [-0.3, -0.25) is 9.59 Å². The first-order chi connectivity index (χ1) is 17.6. The van der Waals surface area contributed by atoms with Gasteiger partial charge in [0, 0.05) is 16.7 Å². The van der Waals surface area contributed by atoms with Crippen molar-refractivity contribution >= 4 is 12.1 Å². The number of H-pyrrole nitrogens is 1. The molecule has 9 nitrogen and oxygen atoms in total. The molecule has 9 heteroatoms. The van der Waals surface area contributed by atoms with Crippen molar-refractivity contribution in [2.75, 3.05) is 21.3 Å². The molecule has 0 atom stereocenters. The molecule has 0 spiro atoms. The number of aromatic amines is 1. The largest absolute Gasteiger partial charge is 0.493 e. The third kappa shape index (κ3) is 4.95. The average molecular weight is 485 g/mol. The van der Waals surface area contributed by atoms with Crippen LogP contribution in [0.2, 0.25) is 0 Å². The fourth-order valence-corrected chi connectivity index (χ4v) is 3.76. The monoisotopic (exact) mass is 484 g/mol. The second-order valence-corrected chi connectivity index (χ2v) is 7.54. The molecule has 3 aromatic carbocycles. The smallest absolute Gasteiger partial charge is 0.277 e. The van der Waals surface area contributed by atoms with Gasteiger partial charge >= 0.3 is 0 Å². The molecule has 36 heavy (non-hydrogen) atoms. The molecule has 1 heterocycles. The molecule has 0 bridgehead atoms. The molecule has 0 unspecified atom stereocenters. The number of carbonyl (C=O) groups is 1. The van der Waals surface area contributed by atoms with Crippen LogP contribution in [0.25, 0.3) is 22.4 Å². The predicted molar refractivity (Wildman–Crippen MR) is 137 cm³/mol. The van der Waals surface area contributed by atoms with E-state index in [-0.39, 0.29) is 5.56 Å². The van der Waals surface area contributed by atoms with Crippen molar-refractivity contribution in [3.63, 3.8) is 0 Å². The summed E-state index contributed by atoms with van der Waals surface area (Å²) >= 11 is 0. The highest BCUT2D eigenvalue weighted by atomic mass is 16.5. The molecule has 0 saturated carbocycles. The highest BCUT2D eigenvalue weighted by Crippen LogP contribution is 2.37. The zero-order valence-electron chi connectivity index (χ0n) is 19.9. The Kier molecular flexibility index (Phi) is 7.40. The summed E-state index contributed by atoms with van der Waals surface area (Å²) in [7, 11) is 4.52. The van der Waals surface area contributed by atoms with E-state index in [4.69, 9.17) is 14.2 Å². The van der Waals surface area contributed by atoms with Crippen molar-refractivity contribution in [2.45, 2.75) is 0 Å². The molecule has 1 aromatic heterocycles. The first-order valence-electron chi connectivity index (χ1n) is 10.9. The van der Waals surface area contributed by atoms with Gasteiger partial charge in [-0.15, -0.1) is 0 Å². The molecule has 0 aliphatic heterocycles. The first kappa shape index (κ1) is 24.2. The fraction of sp³-hybridized carbons (Fsp3) is 0.111. The number of hydrazone groups is 1. The number of hydrogen-bond acceptors (Lipinski definition) is 7. The molecule has 4 aromatic rings. The Bertz CT molecular complexity index is 1430. The van der Waals surface area contributed by atoms with Crippen LogP contribution in [0.4, 0.5) is 0 Å². The number of rotatable bonds is 8. The van der Waals surface area contributed by atoms with Gasteiger partial charge in [-0.25, -0.2) is 10.5 Å². The van der Waals surface area contributed by atoms with Crippen LogP contribution >= 0.6 is 0 Å². The molecule has 0 fully saturated rings. The van der Waals surface area contributed by atoms with E-state index in [0.29, 0.717) is 39.6 Å². The average Bonchev–Trinajstić information content (AvgIpc) is 2.93. The predicted octanol–water partition coefficient (Wildman–Crippen LogP) is 3.89. The summed E-state index contributed by atoms with van der Waals surface area (Å²) in [6.45, 7) is 0. The van der Waals surface area contributed by atoms with Crippen LogP contribution in [0.3, 0.4) is 0 Å². The molecule has 0 saturated heterocycles. The summed E-state index contributed by atoms with van der Waals surface area (Å²) in [5, 5.41) is 10.8. The van der Waals surface area contributed by atoms with E-state index in [9.17, 15) is 9.59 Å². The molecular weight excluding hydrogens is 460 g/mol. The maximum absolute atomic E-state index is 13.2. The highest BCUT2D eigenvalue weighted by molar-refractivity contribution is 6.03. The summed E-state index contributed by atoms with van der Waals surface area (Å²) in [5.74, 6) is 0.631. The number of nitrogens with one attached hydrogen (secondary N) is 2. The van der Waals surface area contributed by atoms with Crippen molar-refractivity contribution in [1.29, 1.82) is 0 Å². The van der Waals surface area contributed by atoms with Crippen molar-refractivity contribution in [3.05, 3.63) is 94.3 Å². The second kappa shape index (κ2) is 11.0. The summed E-state index contributed by atoms with van der Waals surface area (Å²) in [5.41, 5.74) is 4.61. The molecule has 1 amide bonds. The molecular formula is C27H24N4O5. The number of benzene rings is 3. The lowest BCUT2D eigenvalue weighted by molar-refractivity contribution is 0.0954. The van der Waals surface area contributed by atoms with Gasteiger partial charge in [0.25, 0.3) is 11.5 Å². The van der Waals surface area contributed by atoms with E-state index in [0.717, 1.165) is 5.56 Å². The number of methoxy groups -OCH3 is 3. The lowest BCUT2D eigenvalue weighted by atomic mass is 9.95. The summed E-state index contributed by atoms with van der Waals surface area (Å²) in [6, 6.07) is 21.8. The van der Waals surface area contributed by atoms with Crippen LogP contribution in [-0.4, -0.2) is 43.6 Å². The Hall–Kier alpha value is -4.92. The Balaban J connectivity index is 1.73. The van der Waals surface area contributed by atoms with Gasteiger partial charge in [-0.2, -0.15) is 10.2 Å².